The highest BCUT2D eigenvalue weighted by molar-refractivity contribution is 6.31. The van der Waals surface area contributed by atoms with E-state index < -0.39 is 0 Å². The van der Waals surface area contributed by atoms with Gasteiger partial charge in [0.15, 0.2) is 12.0 Å². The smallest absolute Gasteiger partial charge is 0.256 e. The van der Waals surface area contributed by atoms with E-state index in [-0.39, 0.29) is 5.91 Å². The molecule has 0 bridgehead atoms. The van der Waals surface area contributed by atoms with Crippen molar-refractivity contribution < 1.29 is 14.3 Å². The summed E-state index contributed by atoms with van der Waals surface area (Å²) in [5.74, 6) is 1.47. The Bertz CT molecular complexity index is 1100. The molecule has 2 aromatic rings. The first-order valence-corrected chi connectivity index (χ1v) is 10.5. The van der Waals surface area contributed by atoms with Gasteiger partial charge in [-0.1, -0.05) is 35.9 Å². The summed E-state index contributed by atoms with van der Waals surface area (Å²) in [5, 5.41) is 1.54. The molecule has 3 aliphatic rings. The van der Waals surface area contributed by atoms with E-state index in [0.717, 1.165) is 35.1 Å². The average Bonchev–Trinajstić information content (AvgIpc) is 3.22. The molecule has 0 atom stereocenters. The van der Waals surface area contributed by atoms with Crippen LogP contribution in [-0.2, 0) is 9.47 Å². The molecule has 1 N–H and O–H groups in total. The molecule has 1 aromatic heterocycles. The highest BCUT2D eigenvalue weighted by Crippen LogP contribution is 2.27. The van der Waals surface area contributed by atoms with Gasteiger partial charge in [0.2, 0.25) is 5.88 Å². The molecular formula is C23H22ClN3O3. The maximum atomic E-state index is 13.0. The zero-order valence-electron chi connectivity index (χ0n) is 16.4. The lowest BCUT2D eigenvalue weighted by molar-refractivity contribution is 0.0564. The molecule has 30 heavy (non-hydrogen) atoms. The number of halogens is 1. The Hall–Kier alpha value is -3.12. The summed E-state index contributed by atoms with van der Waals surface area (Å²) in [5.41, 5.74) is 2.69. The van der Waals surface area contributed by atoms with Crippen LogP contribution in [0.2, 0.25) is 5.02 Å². The molecule has 0 spiro atoms. The molecule has 6 nitrogen and oxygen atoms in total. The number of aromatic nitrogens is 1. The molecule has 0 radical (unpaired) electrons. The van der Waals surface area contributed by atoms with E-state index in [2.05, 4.69) is 22.0 Å². The summed E-state index contributed by atoms with van der Waals surface area (Å²) < 4.78 is 11.6. The summed E-state index contributed by atoms with van der Waals surface area (Å²) in [7, 11) is 0. The summed E-state index contributed by atoms with van der Waals surface area (Å²) in [6, 6.07) is 5.53. The van der Waals surface area contributed by atoms with Crippen LogP contribution in [0.15, 0.2) is 72.4 Å². The molecule has 0 saturated carbocycles. The van der Waals surface area contributed by atoms with Crippen LogP contribution in [0.25, 0.3) is 10.9 Å². The maximum Gasteiger partial charge on any atom is 0.256 e. The van der Waals surface area contributed by atoms with Crippen LogP contribution >= 0.6 is 11.6 Å². The Kier molecular flexibility index (Phi) is 5.01. The van der Waals surface area contributed by atoms with Gasteiger partial charge in [-0.2, -0.15) is 0 Å². The third kappa shape index (κ3) is 3.59. The van der Waals surface area contributed by atoms with Crippen LogP contribution < -0.4 is 0 Å². The van der Waals surface area contributed by atoms with Crippen molar-refractivity contribution in [2.75, 3.05) is 26.2 Å². The van der Waals surface area contributed by atoms with Gasteiger partial charge >= 0.3 is 0 Å². The zero-order chi connectivity index (χ0) is 20.5. The minimum Gasteiger partial charge on any atom is -0.456 e. The molecule has 5 rings (SSSR count). The Morgan fingerprint density at radius 1 is 1.10 bits per heavy atom. The summed E-state index contributed by atoms with van der Waals surface area (Å²) in [4.78, 5) is 20.1. The predicted octanol–water partition coefficient (Wildman–Crippen LogP) is 4.54. The van der Waals surface area contributed by atoms with E-state index in [1.165, 1.54) is 0 Å². The molecule has 1 saturated heterocycles. The number of nitrogens with one attached hydrogen (secondary N) is 1. The first-order chi connectivity index (χ1) is 14.7. The van der Waals surface area contributed by atoms with Crippen molar-refractivity contribution in [3.63, 3.8) is 0 Å². The minimum absolute atomic E-state index is 0.0255. The number of amides is 1. The summed E-state index contributed by atoms with van der Waals surface area (Å²) >= 11 is 6.04. The van der Waals surface area contributed by atoms with E-state index >= 15 is 0 Å². The molecule has 154 valence electrons. The number of hydrogen-bond donors (Lipinski definition) is 1. The number of nitrogens with zero attached hydrogens (tertiary/aromatic N) is 2. The number of piperazine rings is 1. The standard InChI is InChI=1S/C23H22ClN3O3/c24-17-6-7-18-19(13-25-20(18)12-17)23(28)27-10-8-26(9-11-27)22-15-29-21(14-30-22)16-4-2-1-3-5-16/h1-2,4,6-7,12-15,25H,3,5,8-11H2. The van der Waals surface area contributed by atoms with Crippen molar-refractivity contribution in [2.45, 2.75) is 12.8 Å². The second-order valence-corrected chi connectivity index (χ2v) is 7.94. The molecule has 0 unspecified atom stereocenters. The second kappa shape index (κ2) is 7.95. The maximum absolute atomic E-state index is 13.0. The number of allylic oxidation sites excluding steroid dienone is 4. The minimum atomic E-state index is 0.0255. The number of rotatable bonds is 3. The number of aromatic amines is 1. The van der Waals surface area contributed by atoms with Crippen LogP contribution in [0.5, 0.6) is 0 Å². The Morgan fingerprint density at radius 2 is 1.97 bits per heavy atom. The predicted molar refractivity (Wildman–Crippen MR) is 116 cm³/mol. The highest BCUT2D eigenvalue weighted by Gasteiger charge is 2.27. The fraction of sp³-hybridized carbons (Fsp3) is 0.261. The van der Waals surface area contributed by atoms with Crippen molar-refractivity contribution in [3.8, 4) is 0 Å². The van der Waals surface area contributed by atoms with Gasteiger partial charge in [-0.05, 0) is 30.5 Å². The van der Waals surface area contributed by atoms with Gasteiger partial charge in [0.25, 0.3) is 5.91 Å². The third-order valence-corrected chi connectivity index (χ3v) is 5.89. The lowest BCUT2D eigenvalue weighted by Gasteiger charge is -2.36. The van der Waals surface area contributed by atoms with Gasteiger partial charge in [-0.3, -0.25) is 4.79 Å². The molecule has 3 heterocycles. The van der Waals surface area contributed by atoms with Crippen LogP contribution in [-0.4, -0.2) is 46.9 Å². The van der Waals surface area contributed by atoms with Crippen molar-refractivity contribution in [3.05, 3.63) is 82.9 Å². The SMILES string of the molecule is O=C(c1c[nH]c2cc(Cl)ccc12)N1CCN(C2=COC(C3=CC=CCC3)=CO2)CC1. The van der Waals surface area contributed by atoms with Crippen molar-refractivity contribution in [1.82, 2.24) is 14.8 Å². The number of carbonyl (C=O) groups is 1. The third-order valence-electron chi connectivity index (χ3n) is 5.66. The van der Waals surface area contributed by atoms with Crippen molar-refractivity contribution in [1.29, 1.82) is 0 Å². The van der Waals surface area contributed by atoms with Gasteiger partial charge in [-0.25, -0.2) is 0 Å². The highest BCUT2D eigenvalue weighted by atomic mass is 35.5. The molecular weight excluding hydrogens is 402 g/mol. The molecule has 1 amide bonds. The molecule has 1 fully saturated rings. The number of hydrogen-bond acceptors (Lipinski definition) is 4. The fourth-order valence-corrected chi connectivity index (χ4v) is 4.14. The van der Waals surface area contributed by atoms with E-state index in [0.29, 0.717) is 42.6 Å². The fourth-order valence-electron chi connectivity index (χ4n) is 3.97. The molecule has 7 heteroatoms. The van der Waals surface area contributed by atoms with Crippen LogP contribution in [0.1, 0.15) is 23.2 Å². The van der Waals surface area contributed by atoms with Gasteiger partial charge < -0.3 is 24.3 Å². The van der Waals surface area contributed by atoms with Gasteiger partial charge in [-0.15, -0.1) is 0 Å². The Labute approximate surface area is 179 Å². The molecule has 1 aromatic carbocycles. The van der Waals surface area contributed by atoms with Crippen molar-refractivity contribution >= 4 is 28.4 Å². The quantitative estimate of drug-likeness (QED) is 0.787. The van der Waals surface area contributed by atoms with Gasteiger partial charge in [0, 0.05) is 48.3 Å². The summed E-state index contributed by atoms with van der Waals surface area (Å²) in [6.45, 7) is 2.60. The molecule has 1 aliphatic carbocycles. The van der Waals surface area contributed by atoms with E-state index in [4.69, 9.17) is 21.1 Å². The Morgan fingerprint density at radius 3 is 2.70 bits per heavy atom. The topological polar surface area (TPSA) is 57.8 Å². The largest absolute Gasteiger partial charge is 0.456 e. The zero-order valence-corrected chi connectivity index (χ0v) is 17.2. The van der Waals surface area contributed by atoms with E-state index in [1.54, 1.807) is 24.8 Å². The number of carbonyl (C=O) groups excluding carboxylic acids is 1. The second-order valence-electron chi connectivity index (χ2n) is 7.50. The lowest BCUT2D eigenvalue weighted by Crippen LogP contribution is -2.48. The van der Waals surface area contributed by atoms with Crippen LogP contribution in [0.3, 0.4) is 0 Å². The first kappa shape index (κ1) is 18.9. The number of benzene rings is 1. The monoisotopic (exact) mass is 423 g/mol. The van der Waals surface area contributed by atoms with Gasteiger partial charge in [0.1, 0.15) is 6.26 Å². The number of ether oxygens (including phenoxy) is 2. The molecule has 2 aliphatic heterocycles. The first-order valence-electron chi connectivity index (χ1n) is 10.1. The van der Waals surface area contributed by atoms with Crippen LogP contribution in [0, 0.1) is 0 Å². The summed E-state index contributed by atoms with van der Waals surface area (Å²) in [6.07, 6.45) is 13.3. The average molecular weight is 424 g/mol. The lowest BCUT2D eigenvalue weighted by atomic mass is 10.0. The normalized spacial score (nSPS) is 19.0. The Balaban J connectivity index is 1.20. The van der Waals surface area contributed by atoms with E-state index in [9.17, 15) is 4.79 Å². The van der Waals surface area contributed by atoms with Gasteiger partial charge in [0.05, 0.1) is 5.56 Å². The number of fused-ring (bicyclic) bond motifs is 1. The van der Waals surface area contributed by atoms with E-state index in [1.807, 2.05) is 23.1 Å². The van der Waals surface area contributed by atoms with Crippen LogP contribution in [0.4, 0.5) is 0 Å². The van der Waals surface area contributed by atoms with Crippen molar-refractivity contribution in [2.24, 2.45) is 0 Å². The number of H-pyrrole nitrogens is 1.